The predicted molar refractivity (Wildman–Crippen MR) is 119 cm³/mol. The summed E-state index contributed by atoms with van der Waals surface area (Å²) in [7, 11) is 0. The summed E-state index contributed by atoms with van der Waals surface area (Å²) in [6, 6.07) is 8.24. The van der Waals surface area contributed by atoms with Gasteiger partial charge in [-0.1, -0.05) is 19.1 Å². The predicted octanol–water partition coefficient (Wildman–Crippen LogP) is 4.34. The van der Waals surface area contributed by atoms with E-state index in [2.05, 4.69) is 23.8 Å². The third-order valence-electron chi connectivity index (χ3n) is 6.37. The molecule has 3 atom stereocenters. The van der Waals surface area contributed by atoms with E-state index < -0.39 is 0 Å². The number of ketones is 1. The zero-order valence-electron chi connectivity index (χ0n) is 18.6. The molecule has 4 rings (SSSR count). The Bertz CT molecular complexity index is 920. The van der Waals surface area contributed by atoms with Crippen LogP contribution < -0.4 is 14.5 Å². The van der Waals surface area contributed by atoms with Crippen molar-refractivity contribution in [2.75, 3.05) is 29.4 Å². The number of hydrogen-bond acceptors (Lipinski definition) is 6. The number of aromatic nitrogens is 2. The molecule has 0 radical (unpaired) electrons. The van der Waals surface area contributed by atoms with Crippen LogP contribution in [0.15, 0.2) is 30.6 Å². The maximum absolute atomic E-state index is 15.2. The van der Waals surface area contributed by atoms with Gasteiger partial charge >= 0.3 is 0 Å². The largest absolute Gasteiger partial charge is 0.489 e. The molecule has 31 heavy (non-hydrogen) atoms. The Morgan fingerprint density at radius 3 is 2.61 bits per heavy atom. The van der Waals surface area contributed by atoms with Crippen molar-refractivity contribution in [1.29, 1.82) is 0 Å². The number of nitrogens with zero attached hydrogens (tertiary/aromatic N) is 4. The number of rotatable bonds is 7. The molecule has 166 valence electrons. The monoisotopic (exact) mass is 426 g/mol. The highest BCUT2D eigenvalue weighted by Crippen LogP contribution is 2.32. The first kappa shape index (κ1) is 21.5. The van der Waals surface area contributed by atoms with Gasteiger partial charge < -0.3 is 19.3 Å². The van der Waals surface area contributed by atoms with Gasteiger partial charge in [0.2, 0.25) is 5.82 Å². The maximum atomic E-state index is 15.2. The van der Waals surface area contributed by atoms with Crippen LogP contribution in [0, 0.1) is 5.82 Å². The topological polar surface area (TPSA) is 58.6 Å². The first-order valence-electron chi connectivity index (χ1n) is 11.2. The molecule has 2 aliphatic heterocycles. The summed E-state index contributed by atoms with van der Waals surface area (Å²) in [4.78, 5) is 23.8. The van der Waals surface area contributed by atoms with Crippen molar-refractivity contribution in [1.82, 2.24) is 9.97 Å². The summed E-state index contributed by atoms with van der Waals surface area (Å²) in [6.07, 6.45) is 4.91. The van der Waals surface area contributed by atoms with Crippen LogP contribution in [0.4, 0.5) is 16.0 Å². The van der Waals surface area contributed by atoms with Crippen LogP contribution in [0.1, 0.15) is 57.9 Å². The summed E-state index contributed by atoms with van der Waals surface area (Å²) in [5.74, 6) is 1.62. The van der Waals surface area contributed by atoms with Gasteiger partial charge in [0.25, 0.3) is 0 Å². The molecule has 2 saturated heterocycles. The van der Waals surface area contributed by atoms with Gasteiger partial charge in [0.15, 0.2) is 11.6 Å². The van der Waals surface area contributed by atoms with E-state index in [1.54, 1.807) is 6.92 Å². The SMILES string of the molecule is CC(=O)C[C@@H](C)c1ccc(O[C@@H]2CCN(c3ncnc(N4CCCC4C)c3F)C2)cc1. The van der Waals surface area contributed by atoms with Crippen LogP contribution in [0.5, 0.6) is 5.75 Å². The molecule has 2 aliphatic rings. The summed E-state index contributed by atoms with van der Waals surface area (Å²) >= 11 is 0. The zero-order valence-corrected chi connectivity index (χ0v) is 18.6. The Hall–Kier alpha value is -2.70. The molecule has 6 nitrogen and oxygen atoms in total. The van der Waals surface area contributed by atoms with Crippen molar-refractivity contribution in [3.8, 4) is 5.75 Å². The average molecular weight is 427 g/mol. The summed E-state index contributed by atoms with van der Waals surface area (Å²) in [6.45, 7) is 7.91. The first-order chi connectivity index (χ1) is 14.9. The van der Waals surface area contributed by atoms with Crippen molar-refractivity contribution in [3.63, 3.8) is 0 Å². The molecule has 7 heteroatoms. The smallest absolute Gasteiger partial charge is 0.208 e. The molecule has 0 aliphatic carbocycles. The lowest BCUT2D eigenvalue weighted by molar-refractivity contribution is -0.117. The molecule has 1 aromatic heterocycles. The quantitative estimate of drug-likeness (QED) is 0.656. The molecule has 2 fully saturated rings. The van der Waals surface area contributed by atoms with Crippen molar-refractivity contribution >= 4 is 17.4 Å². The summed E-state index contributed by atoms with van der Waals surface area (Å²) in [5, 5.41) is 0. The summed E-state index contributed by atoms with van der Waals surface area (Å²) in [5.41, 5.74) is 1.13. The third kappa shape index (κ3) is 4.81. The fourth-order valence-corrected chi connectivity index (χ4v) is 4.65. The second-order valence-electron chi connectivity index (χ2n) is 8.87. The second-order valence-corrected chi connectivity index (χ2v) is 8.87. The molecule has 0 spiro atoms. The van der Waals surface area contributed by atoms with Crippen LogP contribution in [0.25, 0.3) is 0 Å². The Labute approximate surface area is 183 Å². The van der Waals surface area contributed by atoms with E-state index in [0.717, 1.165) is 37.1 Å². The third-order valence-corrected chi connectivity index (χ3v) is 6.37. The van der Waals surface area contributed by atoms with Crippen LogP contribution in [-0.2, 0) is 4.79 Å². The minimum atomic E-state index is -0.333. The number of carbonyl (C=O) groups excluding carboxylic acids is 1. The lowest BCUT2D eigenvalue weighted by Crippen LogP contribution is -2.30. The molecule has 0 amide bonds. The highest BCUT2D eigenvalue weighted by Gasteiger charge is 2.31. The lowest BCUT2D eigenvalue weighted by atomic mass is 9.96. The molecule has 2 aromatic rings. The highest BCUT2D eigenvalue weighted by atomic mass is 19.1. The van der Waals surface area contributed by atoms with Crippen molar-refractivity contribution in [2.24, 2.45) is 0 Å². The van der Waals surface area contributed by atoms with Crippen molar-refractivity contribution in [3.05, 3.63) is 42.0 Å². The van der Waals surface area contributed by atoms with E-state index in [-0.39, 0.29) is 23.6 Å². The van der Waals surface area contributed by atoms with Gasteiger partial charge in [-0.05, 0) is 50.3 Å². The summed E-state index contributed by atoms with van der Waals surface area (Å²) < 4.78 is 21.4. The van der Waals surface area contributed by atoms with Crippen LogP contribution in [-0.4, -0.2) is 47.5 Å². The first-order valence-corrected chi connectivity index (χ1v) is 11.2. The van der Waals surface area contributed by atoms with E-state index in [0.29, 0.717) is 37.2 Å². The van der Waals surface area contributed by atoms with E-state index >= 15 is 4.39 Å². The maximum Gasteiger partial charge on any atom is 0.208 e. The molecule has 1 aromatic carbocycles. The number of halogens is 1. The van der Waals surface area contributed by atoms with E-state index in [1.165, 1.54) is 6.33 Å². The normalized spacial score (nSPS) is 22.1. The van der Waals surface area contributed by atoms with Gasteiger partial charge in [0.1, 0.15) is 24.0 Å². The fraction of sp³-hybridized carbons (Fsp3) is 0.542. The molecular formula is C24H31FN4O2. The molecule has 1 unspecified atom stereocenters. The Morgan fingerprint density at radius 2 is 1.94 bits per heavy atom. The molecule has 0 bridgehead atoms. The van der Waals surface area contributed by atoms with Gasteiger partial charge in [-0.15, -0.1) is 0 Å². The Kier molecular flexibility index (Phi) is 6.39. The van der Waals surface area contributed by atoms with Gasteiger partial charge in [0.05, 0.1) is 6.54 Å². The fourth-order valence-electron chi connectivity index (χ4n) is 4.65. The van der Waals surface area contributed by atoms with E-state index in [1.807, 2.05) is 34.1 Å². The zero-order chi connectivity index (χ0) is 22.0. The minimum Gasteiger partial charge on any atom is -0.489 e. The van der Waals surface area contributed by atoms with Crippen LogP contribution in [0.3, 0.4) is 0 Å². The lowest BCUT2D eigenvalue weighted by Gasteiger charge is -2.25. The number of benzene rings is 1. The standard InChI is InChI=1S/C24H31FN4O2/c1-16(13-18(3)30)19-6-8-20(9-7-19)31-21-10-12-28(14-21)23-22(25)24(27-15-26-23)29-11-4-5-17(29)2/h6-9,15-17,21H,4-5,10-14H2,1-3H3/t16-,17?,21-/m1/s1. The molecule has 3 heterocycles. The minimum absolute atomic E-state index is 0.0241. The Morgan fingerprint density at radius 1 is 1.19 bits per heavy atom. The molecule has 0 N–H and O–H groups in total. The molecular weight excluding hydrogens is 395 g/mol. The van der Waals surface area contributed by atoms with Gasteiger partial charge in [-0.25, -0.2) is 9.97 Å². The van der Waals surface area contributed by atoms with Crippen molar-refractivity contribution < 1.29 is 13.9 Å². The number of anilines is 2. The van der Waals surface area contributed by atoms with Gasteiger partial charge in [-0.2, -0.15) is 4.39 Å². The number of Topliss-reactive ketones (excluding diaryl/α,β-unsaturated/α-hetero) is 1. The highest BCUT2D eigenvalue weighted by molar-refractivity contribution is 5.76. The number of ether oxygens (including phenoxy) is 1. The van der Waals surface area contributed by atoms with Gasteiger partial charge in [0, 0.05) is 32.0 Å². The Balaban J connectivity index is 1.39. The average Bonchev–Trinajstić information content (AvgIpc) is 3.37. The second kappa shape index (κ2) is 9.20. The number of hydrogen-bond donors (Lipinski definition) is 0. The van der Waals surface area contributed by atoms with E-state index in [4.69, 9.17) is 4.74 Å². The molecule has 0 saturated carbocycles. The van der Waals surface area contributed by atoms with Crippen molar-refractivity contribution in [2.45, 2.75) is 64.5 Å². The van der Waals surface area contributed by atoms with Crippen LogP contribution >= 0.6 is 0 Å². The number of carbonyl (C=O) groups is 1. The van der Waals surface area contributed by atoms with Gasteiger partial charge in [-0.3, -0.25) is 0 Å². The van der Waals surface area contributed by atoms with E-state index in [9.17, 15) is 4.79 Å². The van der Waals surface area contributed by atoms with Crippen LogP contribution in [0.2, 0.25) is 0 Å².